The molecular formula is C12H21BrN2O3. The van der Waals surface area contributed by atoms with Gasteiger partial charge in [0.25, 0.3) is 0 Å². The molecule has 0 saturated heterocycles. The van der Waals surface area contributed by atoms with Crippen LogP contribution in [-0.4, -0.2) is 35.6 Å². The maximum Gasteiger partial charge on any atom is 0.242 e. The highest BCUT2D eigenvalue weighted by Gasteiger charge is 2.29. The van der Waals surface area contributed by atoms with Gasteiger partial charge >= 0.3 is 0 Å². The summed E-state index contributed by atoms with van der Waals surface area (Å²) in [5.41, 5.74) is -0.277. The highest BCUT2D eigenvalue weighted by atomic mass is 79.9. The molecule has 0 unspecified atom stereocenters. The second kappa shape index (κ2) is 6.43. The molecule has 0 rings (SSSR count). The molecule has 0 aliphatic heterocycles. The lowest BCUT2D eigenvalue weighted by Crippen LogP contribution is -2.43. The van der Waals surface area contributed by atoms with Crippen LogP contribution in [-0.2, 0) is 14.3 Å². The fraction of sp³-hybridized carbons (Fsp3) is 0.750. The number of nitrogens with one attached hydrogen (secondary N) is 2. The van der Waals surface area contributed by atoms with Crippen LogP contribution in [0.15, 0.2) is 0 Å². The van der Waals surface area contributed by atoms with E-state index in [4.69, 9.17) is 10.1 Å². The molecule has 0 aliphatic rings. The van der Waals surface area contributed by atoms with Crippen molar-refractivity contribution in [2.45, 2.75) is 38.4 Å². The molecule has 0 aliphatic carbocycles. The Balaban J connectivity index is 4.43. The lowest BCUT2D eigenvalue weighted by Gasteiger charge is -2.24. The van der Waals surface area contributed by atoms with Crippen LogP contribution in [0.1, 0.15) is 34.1 Å². The van der Waals surface area contributed by atoms with Crippen LogP contribution in [0.5, 0.6) is 0 Å². The number of amides is 2. The van der Waals surface area contributed by atoms with E-state index in [1.54, 1.807) is 21.0 Å². The van der Waals surface area contributed by atoms with Crippen molar-refractivity contribution in [3.05, 3.63) is 0 Å². The maximum absolute atomic E-state index is 11.6. The molecule has 0 aromatic heterocycles. The number of ether oxygens (including phenoxy) is 1. The van der Waals surface area contributed by atoms with Gasteiger partial charge in [0.2, 0.25) is 11.8 Å². The van der Waals surface area contributed by atoms with Crippen molar-refractivity contribution in [1.29, 1.82) is 5.41 Å². The smallest absolute Gasteiger partial charge is 0.242 e. The van der Waals surface area contributed by atoms with Crippen molar-refractivity contribution in [3.63, 3.8) is 0 Å². The van der Waals surface area contributed by atoms with Gasteiger partial charge in [0, 0.05) is 18.2 Å². The number of carbonyl (C=O) groups excluding carboxylic acids is 2. The van der Waals surface area contributed by atoms with Crippen LogP contribution in [0.25, 0.3) is 0 Å². The molecular weight excluding hydrogens is 300 g/mol. The second-order valence-corrected chi connectivity index (χ2v) is 7.30. The van der Waals surface area contributed by atoms with E-state index in [1.165, 1.54) is 0 Å². The summed E-state index contributed by atoms with van der Waals surface area (Å²) in [5, 5.41) is 10.1. The van der Waals surface area contributed by atoms with Crippen molar-refractivity contribution < 1.29 is 14.3 Å². The van der Waals surface area contributed by atoms with Crippen LogP contribution in [0.4, 0.5) is 0 Å². The SMILES string of the molecule is COCC(C)(C)C(=N)CC(=O)NC(=O)C(C)(C)Br. The van der Waals surface area contributed by atoms with Gasteiger partial charge in [0.1, 0.15) is 0 Å². The average Bonchev–Trinajstić information content (AvgIpc) is 2.15. The fourth-order valence-corrected chi connectivity index (χ4v) is 1.27. The quantitative estimate of drug-likeness (QED) is 0.579. The number of hydrogen-bond donors (Lipinski definition) is 2. The Labute approximate surface area is 116 Å². The van der Waals surface area contributed by atoms with Gasteiger partial charge in [-0.25, -0.2) is 0 Å². The Kier molecular flexibility index (Phi) is 6.16. The molecule has 2 amide bonds. The zero-order valence-corrected chi connectivity index (χ0v) is 13.1. The first-order valence-electron chi connectivity index (χ1n) is 5.60. The van der Waals surface area contributed by atoms with E-state index in [1.807, 2.05) is 13.8 Å². The molecule has 0 bridgehead atoms. The summed E-state index contributed by atoms with van der Waals surface area (Å²) in [5.74, 6) is -0.883. The highest BCUT2D eigenvalue weighted by Crippen LogP contribution is 2.19. The number of methoxy groups -OCH3 is 1. The summed E-state index contributed by atoms with van der Waals surface area (Å²) in [6.07, 6.45) is -0.106. The Morgan fingerprint density at radius 2 is 1.78 bits per heavy atom. The summed E-state index contributed by atoms with van der Waals surface area (Å²) in [7, 11) is 1.55. The maximum atomic E-state index is 11.6. The molecule has 0 aromatic carbocycles. The monoisotopic (exact) mass is 320 g/mol. The molecule has 2 N–H and O–H groups in total. The van der Waals surface area contributed by atoms with E-state index in [2.05, 4.69) is 21.2 Å². The summed E-state index contributed by atoms with van der Waals surface area (Å²) in [6.45, 7) is 7.30. The minimum Gasteiger partial charge on any atom is -0.384 e. The summed E-state index contributed by atoms with van der Waals surface area (Å²) >= 11 is 3.17. The number of hydrogen-bond acceptors (Lipinski definition) is 4. The van der Waals surface area contributed by atoms with Gasteiger partial charge in [-0.15, -0.1) is 0 Å². The number of imide groups is 1. The van der Waals surface area contributed by atoms with Gasteiger partial charge in [0.05, 0.1) is 17.4 Å². The molecule has 0 heterocycles. The number of carbonyl (C=O) groups is 2. The first-order chi connectivity index (χ1) is 8.00. The van der Waals surface area contributed by atoms with Crippen LogP contribution < -0.4 is 5.32 Å². The van der Waals surface area contributed by atoms with Gasteiger partial charge < -0.3 is 10.1 Å². The van der Waals surface area contributed by atoms with E-state index < -0.39 is 21.6 Å². The molecule has 0 saturated carbocycles. The lowest BCUT2D eigenvalue weighted by atomic mass is 9.86. The van der Waals surface area contributed by atoms with Gasteiger partial charge in [-0.05, 0) is 13.8 Å². The third-order valence-corrected chi connectivity index (χ3v) is 2.81. The first-order valence-corrected chi connectivity index (χ1v) is 6.40. The zero-order valence-electron chi connectivity index (χ0n) is 11.5. The Hall–Kier alpha value is -0.750. The normalized spacial score (nSPS) is 12.1. The van der Waals surface area contributed by atoms with Crippen molar-refractivity contribution >= 4 is 33.5 Å². The molecule has 0 aromatic rings. The van der Waals surface area contributed by atoms with Gasteiger partial charge in [-0.1, -0.05) is 29.8 Å². The third kappa shape index (κ3) is 5.73. The summed E-state index contributed by atoms with van der Waals surface area (Å²) in [4.78, 5) is 23.2. The summed E-state index contributed by atoms with van der Waals surface area (Å²) < 4.78 is 4.20. The Morgan fingerprint density at radius 3 is 2.17 bits per heavy atom. The van der Waals surface area contributed by atoms with Gasteiger partial charge in [-0.2, -0.15) is 0 Å². The van der Waals surface area contributed by atoms with Crippen LogP contribution in [0.3, 0.4) is 0 Å². The molecule has 104 valence electrons. The standard InChI is InChI=1S/C12H21BrN2O3/c1-11(2,7-18-5)8(14)6-9(16)15-10(17)12(3,4)13/h14H,6-7H2,1-5H3,(H,15,16,17). The fourth-order valence-electron chi connectivity index (χ4n) is 1.17. The van der Waals surface area contributed by atoms with Gasteiger partial charge in [-0.3, -0.25) is 14.9 Å². The zero-order chi connectivity index (χ0) is 14.6. The van der Waals surface area contributed by atoms with E-state index in [0.29, 0.717) is 6.61 Å². The molecule has 0 fully saturated rings. The molecule has 0 radical (unpaired) electrons. The molecule has 18 heavy (non-hydrogen) atoms. The molecule has 0 atom stereocenters. The third-order valence-electron chi connectivity index (χ3n) is 2.45. The van der Waals surface area contributed by atoms with Crippen LogP contribution in [0, 0.1) is 10.8 Å². The van der Waals surface area contributed by atoms with E-state index in [9.17, 15) is 9.59 Å². The minimum atomic E-state index is -0.799. The lowest BCUT2D eigenvalue weighted by molar-refractivity contribution is -0.130. The molecule has 5 nitrogen and oxygen atoms in total. The van der Waals surface area contributed by atoms with Gasteiger partial charge in [0.15, 0.2) is 0 Å². The first kappa shape index (κ1) is 17.2. The van der Waals surface area contributed by atoms with Crippen molar-refractivity contribution in [2.24, 2.45) is 5.41 Å². The highest BCUT2D eigenvalue weighted by molar-refractivity contribution is 9.10. The number of alkyl halides is 1. The predicted molar refractivity (Wildman–Crippen MR) is 74.2 cm³/mol. The van der Waals surface area contributed by atoms with Crippen LogP contribution >= 0.6 is 15.9 Å². The number of rotatable bonds is 6. The second-order valence-electron chi connectivity index (χ2n) is 5.32. The van der Waals surface area contributed by atoms with Crippen LogP contribution in [0.2, 0.25) is 0 Å². The Morgan fingerprint density at radius 1 is 1.28 bits per heavy atom. The van der Waals surface area contributed by atoms with Crippen molar-refractivity contribution in [2.75, 3.05) is 13.7 Å². The minimum absolute atomic E-state index is 0.106. The molecule has 0 spiro atoms. The topological polar surface area (TPSA) is 79.2 Å². The van der Waals surface area contributed by atoms with Crippen molar-refractivity contribution in [1.82, 2.24) is 5.32 Å². The van der Waals surface area contributed by atoms with E-state index in [0.717, 1.165) is 0 Å². The molecule has 6 heteroatoms. The van der Waals surface area contributed by atoms with Crippen molar-refractivity contribution in [3.8, 4) is 0 Å². The van der Waals surface area contributed by atoms with E-state index in [-0.39, 0.29) is 12.1 Å². The number of halogens is 1. The van der Waals surface area contributed by atoms with E-state index >= 15 is 0 Å². The predicted octanol–water partition coefficient (Wildman–Crippen LogP) is 1.89. The largest absolute Gasteiger partial charge is 0.384 e. The average molecular weight is 321 g/mol. The summed E-state index contributed by atoms with van der Waals surface area (Å²) in [6, 6.07) is 0. The Bertz CT molecular complexity index is 346.